The van der Waals surface area contributed by atoms with E-state index in [4.69, 9.17) is 4.74 Å². The highest BCUT2D eigenvalue weighted by Gasteiger charge is 2.20. The second-order valence-corrected chi connectivity index (χ2v) is 5.81. The predicted molar refractivity (Wildman–Crippen MR) is 67.9 cm³/mol. The molecule has 0 aliphatic carbocycles. The Morgan fingerprint density at radius 1 is 1.24 bits per heavy atom. The molecule has 0 fully saturated rings. The molecule has 1 heterocycles. The average molecular weight is 257 g/mol. The lowest BCUT2D eigenvalue weighted by molar-refractivity contribution is 0.356. The van der Waals surface area contributed by atoms with Crippen LogP contribution in [0, 0.1) is 0 Å². The second-order valence-electron chi connectivity index (χ2n) is 3.66. The van der Waals surface area contributed by atoms with Crippen LogP contribution in [0.2, 0.25) is 0 Å². The van der Waals surface area contributed by atoms with E-state index in [0.29, 0.717) is 11.5 Å². The van der Waals surface area contributed by atoms with Gasteiger partial charge in [0.2, 0.25) is 10.0 Å². The molecule has 17 heavy (non-hydrogen) atoms. The molecular weight excluding hydrogens is 238 g/mol. The van der Waals surface area contributed by atoms with Gasteiger partial charge in [-0.3, -0.25) is 0 Å². The number of sulfonamides is 1. The van der Waals surface area contributed by atoms with E-state index >= 15 is 0 Å². The molecule has 5 heteroatoms. The molecule has 0 amide bonds. The zero-order chi connectivity index (χ0) is 13.1. The minimum absolute atomic E-state index is 0.330. The summed E-state index contributed by atoms with van der Waals surface area (Å²) >= 11 is 0. The van der Waals surface area contributed by atoms with Gasteiger partial charge in [0.05, 0.1) is 11.5 Å². The summed E-state index contributed by atoms with van der Waals surface area (Å²) in [6.45, 7) is 4.64. The monoisotopic (exact) mass is 257 g/mol. The first-order valence-electron chi connectivity index (χ1n) is 5.70. The molecule has 0 atom stereocenters. The number of rotatable bonds is 2. The van der Waals surface area contributed by atoms with Gasteiger partial charge < -0.3 is 4.74 Å². The van der Waals surface area contributed by atoms with E-state index in [1.54, 1.807) is 18.2 Å². The zero-order valence-electron chi connectivity index (χ0n) is 10.7. The fourth-order valence-corrected chi connectivity index (χ4v) is 2.49. The van der Waals surface area contributed by atoms with Crippen LogP contribution >= 0.6 is 0 Å². The summed E-state index contributed by atoms with van der Waals surface area (Å²) in [5.41, 5.74) is 0.970. The van der Waals surface area contributed by atoms with Gasteiger partial charge in [-0.15, -0.1) is 0 Å². The third kappa shape index (κ3) is 2.79. The van der Waals surface area contributed by atoms with Crippen molar-refractivity contribution in [2.75, 3.05) is 20.7 Å². The van der Waals surface area contributed by atoms with Crippen molar-refractivity contribution in [2.24, 2.45) is 0 Å². The van der Waals surface area contributed by atoms with Gasteiger partial charge in [-0.2, -0.15) is 0 Å². The molecule has 0 N–H and O–H groups in total. The second kappa shape index (κ2) is 5.51. The fourth-order valence-electron chi connectivity index (χ4n) is 1.53. The van der Waals surface area contributed by atoms with Crippen molar-refractivity contribution in [3.05, 3.63) is 23.8 Å². The van der Waals surface area contributed by atoms with Crippen LogP contribution in [0.5, 0.6) is 5.75 Å². The Morgan fingerprint density at radius 3 is 2.47 bits per heavy atom. The maximum atomic E-state index is 11.8. The van der Waals surface area contributed by atoms with Gasteiger partial charge in [0, 0.05) is 20.5 Å². The van der Waals surface area contributed by atoms with Gasteiger partial charge in [-0.1, -0.05) is 13.8 Å². The first-order chi connectivity index (χ1) is 8.01. The van der Waals surface area contributed by atoms with E-state index in [2.05, 4.69) is 0 Å². The zero-order valence-corrected chi connectivity index (χ0v) is 11.5. The quantitative estimate of drug-likeness (QED) is 0.813. The Bertz CT molecular complexity index is 481. The van der Waals surface area contributed by atoms with Crippen molar-refractivity contribution in [2.45, 2.75) is 25.2 Å². The summed E-state index contributed by atoms with van der Waals surface area (Å²) in [7, 11) is -0.267. The van der Waals surface area contributed by atoms with E-state index < -0.39 is 10.0 Å². The van der Waals surface area contributed by atoms with Crippen molar-refractivity contribution in [3.8, 4) is 5.75 Å². The predicted octanol–water partition coefficient (Wildman–Crippen LogP) is 1.90. The maximum absolute atomic E-state index is 11.8. The van der Waals surface area contributed by atoms with Gasteiger partial charge in [0.25, 0.3) is 0 Å². The normalized spacial score (nSPS) is 13.7. The molecule has 0 radical (unpaired) electrons. The first-order valence-corrected chi connectivity index (χ1v) is 7.14. The summed E-state index contributed by atoms with van der Waals surface area (Å²) in [5, 5.41) is 0. The van der Waals surface area contributed by atoms with Gasteiger partial charge >= 0.3 is 0 Å². The van der Waals surface area contributed by atoms with Crippen LogP contribution in [-0.2, 0) is 16.4 Å². The molecule has 96 valence electrons. The Morgan fingerprint density at radius 2 is 1.88 bits per heavy atom. The summed E-state index contributed by atoms with van der Waals surface area (Å²) in [5.74, 6) is 0.799. The molecule has 0 unspecified atom stereocenters. The lowest BCUT2D eigenvalue weighted by atomic mass is 10.2. The van der Waals surface area contributed by atoms with Crippen LogP contribution in [0.25, 0.3) is 0 Å². The van der Waals surface area contributed by atoms with E-state index in [9.17, 15) is 8.42 Å². The van der Waals surface area contributed by atoms with Crippen molar-refractivity contribution < 1.29 is 13.2 Å². The summed E-state index contributed by atoms with van der Waals surface area (Å²) in [6, 6.07) is 5.00. The Kier molecular flexibility index (Phi) is 4.54. The van der Waals surface area contributed by atoms with Crippen molar-refractivity contribution >= 4 is 10.0 Å². The highest BCUT2D eigenvalue weighted by Crippen LogP contribution is 2.28. The van der Waals surface area contributed by atoms with Crippen molar-refractivity contribution in [1.82, 2.24) is 4.31 Å². The standard InChI is InChI=1S/C10H13NO3S.C2H6/c1-11(2)15(12,13)9-3-4-10-8(7-9)5-6-14-10;1-2/h3-4,7H,5-6H2,1-2H3;1-2H3. The number of hydrogen-bond acceptors (Lipinski definition) is 3. The van der Waals surface area contributed by atoms with Crippen molar-refractivity contribution in [3.63, 3.8) is 0 Å². The molecule has 0 saturated carbocycles. The lowest BCUT2D eigenvalue weighted by Crippen LogP contribution is -2.22. The molecule has 1 aromatic rings. The van der Waals surface area contributed by atoms with E-state index in [-0.39, 0.29) is 0 Å². The number of fused-ring (bicyclic) bond motifs is 1. The number of nitrogens with zero attached hydrogens (tertiary/aromatic N) is 1. The van der Waals surface area contributed by atoms with Crippen LogP contribution in [0.1, 0.15) is 19.4 Å². The highest BCUT2D eigenvalue weighted by atomic mass is 32.2. The number of hydrogen-bond donors (Lipinski definition) is 0. The maximum Gasteiger partial charge on any atom is 0.242 e. The van der Waals surface area contributed by atoms with Crippen LogP contribution in [0.4, 0.5) is 0 Å². The average Bonchev–Trinajstić information content (AvgIpc) is 2.78. The van der Waals surface area contributed by atoms with Gasteiger partial charge in [0.1, 0.15) is 5.75 Å². The molecule has 0 bridgehead atoms. The molecule has 1 aliphatic rings. The molecule has 0 aromatic heterocycles. The van der Waals surface area contributed by atoms with Gasteiger partial charge in [-0.25, -0.2) is 12.7 Å². The van der Waals surface area contributed by atoms with Crippen LogP contribution in [0.3, 0.4) is 0 Å². The van der Waals surface area contributed by atoms with Crippen LogP contribution in [-0.4, -0.2) is 33.4 Å². The van der Waals surface area contributed by atoms with E-state index in [0.717, 1.165) is 17.7 Å². The highest BCUT2D eigenvalue weighted by molar-refractivity contribution is 7.89. The van der Waals surface area contributed by atoms with E-state index in [1.165, 1.54) is 18.4 Å². The molecule has 0 saturated heterocycles. The Labute approximate surface area is 103 Å². The van der Waals surface area contributed by atoms with Crippen LogP contribution in [0.15, 0.2) is 23.1 Å². The van der Waals surface area contributed by atoms with Crippen molar-refractivity contribution in [1.29, 1.82) is 0 Å². The third-order valence-electron chi connectivity index (χ3n) is 2.44. The number of ether oxygens (including phenoxy) is 1. The molecule has 0 spiro atoms. The largest absolute Gasteiger partial charge is 0.493 e. The first kappa shape index (κ1) is 14.0. The van der Waals surface area contributed by atoms with Gasteiger partial charge in [0.15, 0.2) is 0 Å². The molecule has 4 nitrogen and oxygen atoms in total. The molecular formula is C12H19NO3S. The third-order valence-corrected chi connectivity index (χ3v) is 4.25. The Balaban J connectivity index is 0.000000686. The lowest BCUT2D eigenvalue weighted by Gasteiger charge is -2.11. The minimum Gasteiger partial charge on any atom is -0.493 e. The SMILES string of the molecule is CC.CN(C)S(=O)(=O)c1ccc2c(c1)CCO2. The summed E-state index contributed by atoms with van der Waals surface area (Å²) in [6.07, 6.45) is 0.784. The minimum atomic E-state index is -3.32. The smallest absolute Gasteiger partial charge is 0.242 e. The van der Waals surface area contributed by atoms with E-state index in [1.807, 2.05) is 13.8 Å². The topological polar surface area (TPSA) is 46.6 Å². The molecule has 2 rings (SSSR count). The summed E-state index contributed by atoms with van der Waals surface area (Å²) in [4.78, 5) is 0.330. The van der Waals surface area contributed by atoms with Crippen LogP contribution < -0.4 is 4.74 Å². The fraction of sp³-hybridized carbons (Fsp3) is 0.500. The summed E-state index contributed by atoms with van der Waals surface area (Å²) < 4.78 is 30.2. The Hall–Kier alpha value is -1.07. The number of benzene rings is 1. The molecule has 1 aromatic carbocycles. The molecule has 1 aliphatic heterocycles. The van der Waals surface area contributed by atoms with Gasteiger partial charge in [-0.05, 0) is 23.8 Å².